The molecule has 122 valence electrons. The van der Waals surface area contributed by atoms with E-state index in [4.69, 9.17) is 0 Å². The van der Waals surface area contributed by atoms with E-state index in [-0.39, 0.29) is 5.91 Å². The van der Waals surface area contributed by atoms with Gasteiger partial charge in [-0.1, -0.05) is 30.3 Å². The topological polar surface area (TPSA) is 99.7 Å². The van der Waals surface area contributed by atoms with Crippen LogP contribution in [-0.2, 0) is 14.4 Å². The molecule has 7 heteroatoms. The van der Waals surface area contributed by atoms with Gasteiger partial charge in [-0.05, 0) is 29.8 Å². The second-order valence-electron chi connectivity index (χ2n) is 4.82. The van der Waals surface area contributed by atoms with Gasteiger partial charge in [0.15, 0.2) is 0 Å². The van der Waals surface area contributed by atoms with Crippen molar-refractivity contribution in [2.75, 3.05) is 10.6 Å². The van der Waals surface area contributed by atoms with E-state index >= 15 is 0 Å². The quantitative estimate of drug-likeness (QED) is 0.454. The van der Waals surface area contributed by atoms with Crippen molar-refractivity contribution in [1.29, 1.82) is 0 Å². The average Bonchev–Trinajstić information content (AvgIpc) is 2.57. The molecule has 0 spiro atoms. The summed E-state index contributed by atoms with van der Waals surface area (Å²) in [6.07, 6.45) is 1.44. The van der Waals surface area contributed by atoms with Crippen LogP contribution in [0.1, 0.15) is 12.5 Å². The minimum Gasteiger partial charge on any atom is -0.326 e. The summed E-state index contributed by atoms with van der Waals surface area (Å²) in [5, 5.41) is 8.75. The second kappa shape index (κ2) is 8.23. The lowest BCUT2D eigenvalue weighted by atomic mass is 10.2. The minimum absolute atomic E-state index is 0.192. The number of nitrogens with zero attached hydrogens (tertiary/aromatic N) is 1. The molecule has 0 aromatic heterocycles. The second-order valence-corrected chi connectivity index (χ2v) is 4.82. The van der Waals surface area contributed by atoms with Crippen molar-refractivity contribution in [1.82, 2.24) is 5.43 Å². The Morgan fingerprint density at radius 1 is 0.833 bits per heavy atom. The molecule has 0 saturated carbocycles. The fraction of sp³-hybridized carbons (Fsp3) is 0.0588. The van der Waals surface area contributed by atoms with E-state index in [1.807, 2.05) is 30.3 Å². The Hall–Kier alpha value is -3.48. The zero-order valence-corrected chi connectivity index (χ0v) is 12.9. The number of amides is 3. The van der Waals surface area contributed by atoms with Crippen LogP contribution >= 0.6 is 0 Å². The van der Waals surface area contributed by atoms with Gasteiger partial charge in [-0.3, -0.25) is 14.4 Å². The average molecular weight is 324 g/mol. The summed E-state index contributed by atoms with van der Waals surface area (Å²) in [4.78, 5) is 34.3. The van der Waals surface area contributed by atoms with E-state index in [0.717, 1.165) is 5.56 Å². The highest BCUT2D eigenvalue weighted by molar-refractivity contribution is 6.39. The highest BCUT2D eigenvalue weighted by atomic mass is 16.2. The lowest BCUT2D eigenvalue weighted by molar-refractivity contribution is -0.136. The molecule has 0 bridgehead atoms. The first-order valence-corrected chi connectivity index (χ1v) is 7.11. The molecule has 2 rings (SSSR count). The molecule has 0 heterocycles. The van der Waals surface area contributed by atoms with Gasteiger partial charge in [0.1, 0.15) is 0 Å². The van der Waals surface area contributed by atoms with Gasteiger partial charge in [0.05, 0.1) is 6.21 Å². The van der Waals surface area contributed by atoms with Crippen LogP contribution in [0.5, 0.6) is 0 Å². The number of hydrazone groups is 1. The third-order valence-corrected chi connectivity index (χ3v) is 2.85. The van der Waals surface area contributed by atoms with E-state index in [9.17, 15) is 14.4 Å². The molecule has 2 aromatic carbocycles. The fourth-order valence-electron chi connectivity index (χ4n) is 1.78. The van der Waals surface area contributed by atoms with Crippen molar-refractivity contribution in [3.63, 3.8) is 0 Å². The first-order chi connectivity index (χ1) is 11.5. The Bertz CT molecular complexity index is 755. The van der Waals surface area contributed by atoms with Crippen LogP contribution < -0.4 is 16.1 Å². The van der Waals surface area contributed by atoms with Crippen molar-refractivity contribution >= 4 is 35.3 Å². The van der Waals surface area contributed by atoms with E-state index in [0.29, 0.717) is 11.4 Å². The van der Waals surface area contributed by atoms with Crippen LogP contribution in [0.2, 0.25) is 0 Å². The van der Waals surface area contributed by atoms with Gasteiger partial charge >= 0.3 is 11.8 Å². The zero-order valence-electron chi connectivity index (χ0n) is 12.9. The maximum atomic E-state index is 11.8. The van der Waals surface area contributed by atoms with Crippen molar-refractivity contribution in [3.05, 3.63) is 60.2 Å². The van der Waals surface area contributed by atoms with Crippen LogP contribution in [0.15, 0.2) is 59.7 Å². The molecular weight excluding hydrogens is 308 g/mol. The maximum absolute atomic E-state index is 11.8. The molecule has 3 amide bonds. The van der Waals surface area contributed by atoms with Crippen LogP contribution in [-0.4, -0.2) is 23.9 Å². The van der Waals surface area contributed by atoms with Gasteiger partial charge in [-0.2, -0.15) is 5.10 Å². The number of benzene rings is 2. The summed E-state index contributed by atoms with van der Waals surface area (Å²) in [6, 6.07) is 15.5. The van der Waals surface area contributed by atoms with Crippen LogP contribution in [0.25, 0.3) is 0 Å². The molecule has 7 nitrogen and oxygen atoms in total. The maximum Gasteiger partial charge on any atom is 0.329 e. The lowest BCUT2D eigenvalue weighted by Crippen LogP contribution is -2.32. The first-order valence-electron chi connectivity index (χ1n) is 7.11. The number of hydrogen-bond donors (Lipinski definition) is 3. The molecule has 2 aromatic rings. The summed E-state index contributed by atoms with van der Waals surface area (Å²) in [6.45, 7) is 1.40. The van der Waals surface area contributed by atoms with Gasteiger partial charge in [0.2, 0.25) is 5.91 Å². The standard InChI is InChI=1S/C17H16N4O3/c1-12(22)19-14-7-9-15(10-8-14)20-16(23)17(24)21-18-11-13-5-3-2-4-6-13/h2-11H,1H3,(H,19,22)(H,20,23)(H,21,24). The van der Waals surface area contributed by atoms with Crippen LogP contribution in [0, 0.1) is 0 Å². The third kappa shape index (κ3) is 5.38. The normalized spacial score (nSPS) is 10.2. The molecule has 0 atom stereocenters. The molecule has 0 aliphatic carbocycles. The fourth-order valence-corrected chi connectivity index (χ4v) is 1.78. The Balaban J connectivity index is 1.86. The number of carbonyl (C=O) groups is 3. The van der Waals surface area contributed by atoms with Crippen LogP contribution in [0.3, 0.4) is 0 Å². The van der Waals surface area contributed by atoms with Crippen molar-refractivity contribution in [3.8, 4) is 0 Å². The van der Waals surface area contributed by atoms with Crippen molar-refractivity contribution < 1.29 is 14.4 Å². The van der Waals surface area contributed by atoms with E-state index in [2.05, 4.69) is 21.2 Å². The molecular formula is C17H16N4O3. The van der Waals surface area contributed by atoms with E-state index in [1.54, 1.807) is 24.3 Å². The Morgan fingerprint density at radius 2 is 1.42 bits per heavy atom. The van der Waals surface area contributed by atoms with Gasteiger partial charge < -0.3 is 10.6 Å². The molecule has 0 aliphatic rings. The molecule has 0 aliphatic heterocycles. The monoisotopic (exact) mass is 324 g/mol. The van der Waals surface area contributed by atoms with Gasteiger partial charge in [0.25, 0.3) is 0 Å². The molecule has 0 unspecified atom stereocenters. The first kappa shape index (κ1) is 16.9. The van der Waals surface area contributed by atoms with Gasteiger partial charge in [-0.25, -0.2) is 5.43 Å². The summed E-state index contributed by atoms with van der Waals surface area (Å²) in [7, 11) is 0. The number of hydrogen-bond acceptors (Lipinski definition) is 4. The lowest BCUT2D eigenvalue weighted by Gasteiger charge is -2.06. The van der Waals surface area contributed by atoms with Crippen LogP contribution in [0.4, 0.5) is 11.4 Å². The smallest absolute Gasteiger partial charge is 0.326 e. The van der Waals surface area contributed by atoms with E-state index in [1.165, 1.54) is 13.1 Å². The number of carbonyl (C=O) groups excluding carboxylic acids is 3. The predicted molar refractivity (Wildman–Crippen MR) is 91.6 cm³/mol. The summed E-state index contributed by atoms with van der Waals surface area (Å²) in [5.41, 5.74) is 3.97. The van der Waals surface area contributed by atoms with E-state index < -0.39 is 11.8 Å². The number of nitrogens with one attached hydrogen (secondary N) is 3. The Kier molecular flexibility index (Phi) is 5.79. The van der Waals surface area contributed by atoms with Crippen molar-refractivity contribution in [2.45, 2.75) is 6.92 Å². The Labute approximate surface area is 138 Å². The number of rotatable bonds is 4. The van der Waals surface area contributed by atoms with Crippen molar-refractivity contribution in [2.24, 2.45) is 5.10 Å². The Morgan fingerprint density at radius 3 is 2.00 bits per heavy atom. The highest BCUT2D eigenvalue weighted by Crippen LogP contribution is 2.13. The largest absolute Gasteiger partial charge is 0.329 e. The summed E-state index contributed by atoms with van der Waals surface area (Å²) in [5.74, 6) is -1.91. The van der Waals surface area contributed by atoms with Gasteiger partial charge in [-0.15, -0.1) is 0 Å². The van der Waals surface area contributed by atoms with Gasteiger partial charge in [0, 0.05) is 18.3 Å². The molecule has 0 fully saturated rings. The molecule has 0 radical (unpaired) electrons. The highest BCUT2D eigenvalue weighted by Gasteiger charge is 2.12. The summed E-state index contributed by atoms with van der Waals surface area (Å²) < 4.78 is 0. The molecule has 24 heavy (non-hydrogen) atoms. The minimum atomic E-state index is -0.881. The molecule has 0 saturated heterocycles. The number of anilines is 2. The third-order valence-electron chi connectivity index (χ3n) is 2.85. The predicted octanol–water partition coefficient (Wildman–Crippen LogP) is 1.73. The zero-order chi connectivity index (χ0) is 17.4. The SMILES string of the molecule is CC(=O)Nc1ccc(NC(=O)C(=O)NN=Cc2ccccc2)cc1. The summed E-state index contributed by atoms with van der Waals surface area (Å²) >= 11 is 0. The molecule has 3 N–H and O–H groups in total.